The van der Waals surface area contributed by atoms with Crippen LogP contribution in [0.1, 0.15) is 61.1 Å². The minimum absolute atomic E-state index is 0.402. The van der Waals surface area contributed by atoms with E-state index in [9.17, 15) is 5.11 Å². The summed E-state index contributed by atoms with van der Waals surface area (Å²) in [5.74, 6) is 1.53. The number of ether oxygens (including phenoxy) is 1. The van der Waals surface area contributed by atoms with Crippen molar-refractivity contribution in [3.05, 3.63) is 102 Å². The normalized spacial score (nSPS) is 19.4. The Morgan fingerprint density at radius 1 is 0.781 bits per heavy atom. The van der Waals surface area contributed by atoms with E-state index < -0.39 is 6.23 Å². The summed E-state index contributed by atoms with van der Waals surface area (Å²) < 4.78 is 5.92. The third kappa shape index (κ3) is 6.94. The van der Waals surface area contributed by atoms with Crippen molar-refractivity contribution in [2.45, 2.75) is 69.7 Å². The van der Waals surface area contributed by atoms with Crippen molar-refractivity contribution in [1.82, 2.24) is 5.32 Å². The number of hydrogen-bond donors (Lipinski definition) is 2. The molecule has 0 radical (unpaired) electrons. The van der Waals surface area contributed by atoms with Crippen LogP contribution in [0, 0.1) is 0 Å². The predicted octanol–water partition coefficient (Wildman–Crippen LogP) is 6.22. The maximum Gasteiger partial charge on any atom is 0.119 e. The molecule has 0 spiro atoms. The van der Waals surface area contributed by atoms with E-state index >= 15 is 0 Å². The minimum atomic E-state index is -0.402. The molecule has 1 saturated carbocycles. The zero-order valence-corrected chi connectivity index (χ0v) is 18.8. The summed E-state index contributed by atoms with van der Waals surface area (Å²) in [7, 11) is 0. The van der Waals surface area contributed by atoms with Gasteiger partial charge in [-0.2, -0.15) is 0 Å². The lowest BCUT2D eigenvalue weighted by atomic mass is 9.81. The van der Waals surface area contributed by atoms with Gasteiger partial charge in [-0.15, -0.1) is 0 Å². The third-order valence-electron chi connectivity index (χ3n) is 6.54. The van der Waals surface area contributed by atoms with Crippen LogP contribution >= 0.6 is 0 Å². The van der Waals surface area contributed by atoms with Gasteiger partial charge in [0.2, 0.25) is 0 Å². The summed E-state index contributed by atoms with van der Waals surface area (Å²) in [6, 6.07) is 29.8. The maximum atomic E-state index is 10.4. The Hall–Kier alpha value is -2.62. The molecule has 168 valence electrons. The van der Waals surface area contributed by atoms with Crippen LogP contribution in [0.5, 0.6) is 5.75 Å². The Morgan fingerprint density at radius 2 is 1.41 bits per heavy atom. The van der Waals surface area contributed by atoms with Gasteiger partial charge in [0.15, 0.2) is 0 Å². The first-order chi connectivity index (χ1) is 15.8. The van der Waals surface area contributed by atoms with Crippen LogP contribution < -0.4 is 10.1 Å². The van der Waals surface area contributed by atoms with E-state index in [1.165, 1.54) is 29.5 Å². The van der Waals surface area contributed by atoms with Crippen molar-refractivity contribution >= 4 is 0 Å². The molecule has 0 bridgehead atoms. The van der Waals surface area contributed by atoms with Gasteiger partial charge in [-0.3, -0.25) is 5.32 Å². The fourth-order valence-electron chi connectivity index (χ4n) is 4.67. The van der Waals surface area contributed by atoms with Crippen molar-refractivity contribution in [2.75, 3.05) is 0 Å². The summed E-state index contributed by atoms with van der Waals surface area (Å²) in [5, 5.41) is 13.9. The number of aliphatic hydroxyl groups is 1. The second kappa shape index (κ2) is 11.8. The number of hydrogen-bond acceptors (Lipinski definition) is 3. The van der Waals surface area contributed by atoms with Crippen LogP contribution in [0.4, 0.5) is 0 Å². The highest BCUT2D eigenvalue weighted by atomic mass is 16.5. The monoisotopic (exact) mass is 429 g/mol. The smallest absolute Gasteiger partial charge is 0.119 e. The van der Waals surface area contributed by atoms with Crippen molar-refractivity contribution in [1.29, 1.82) is 0 Å². The molecule has 1 aliphatic rings. The fourth-order valence-corrected chi connectivity index (χ4v) is 4.67. The molecule has 3 nitrogen and oxygen atoms in total. The first-order valence-electron chi connectivity index (χ1n) is 12.0. The van der Waals surface area contributed by atoms with E-state index in [4.69, 9.17) is 4.74 Å². The first kappa shape index (κ1) is 22.6. The molecular formula is C29H35NO2. The van der Waals surface area contributed by atoms with E-state index in [1.54, 1.807) is 0 Å². The van der Waals surface area contributed by atoms with Gasteiger partial charge in [0.25, 0.3) is 0 Å². The standard InChI is InChI=1S/C29H35NO2/c31-29(13-7-12-23-8-3-1-4-9-23)30-27-18-14-25(15-19-27)26-16-20-28(21-17-26)32-22-24-10-5-2-6-11-24/h1-6,8-11,16-17,20-21,25,27,29-31H,7,12-15,18-19,22H2/t25-,27+,29?. The van der Waals surface area contributed by atoms with Gasteiger partial charge in [-0.25, -0.2) is 0 Å². The highest BCUT2D eigenvalue weighted by molar-refractivity contribution is 5.30. The Morgan fingerprint density at radius 3 is 2.06 bits per heavy atom. The van der Waals surface area contributed by atoms with Gasteiger partial charge in [0.1, 0.15) is 18.6 Å². The summed E-state index contributed by atoms with van der Waals surface area (Å²) in [4.78, 5) is 0. The number of nitrogens with one attached hydrogen (secondary N) is 1. The first-order valence-corrected chi connectivity index (χ1v) is 12.0. The van der Waals surface area contributed by atoms with E-state index in [0.29, 0.717) is 18.6 Å². The molecule has 0 aliphatic heterocycles. The van der Waals surface area contributed by atoms with Crippen molar-refractivity contribution < 1.29 is 9.84 Å². The van der Waals surface area contributed by atoms with Crippen LogP contribution in [-0.4, -0.2) is 17.4 Å². The SMILES string of the molecule is OC(CCCc1ccccc1)N[C@H]1CC[C@@H](c2ccc(OCc3ccccc3)cc2)CC1. The Kier molecular flexibility index (Phi) is 8.35. The molecule has 4 rings (SSSR count). The lowest BCUT2D eigenvalue weighted by Crippen LogP contribution is -2.40. The Labute approximate surface area is 192 Å². The summed E-state index contributed by atoms with van der Waals surface area (Å²) >= 11 is 0. The molecule has 0 amide bonds. The summed E-state index contributed by atoms with van der Waals surface area (Å²) in [6.45, 7) is 0.602. The van der Waals surface area contributed by atoms with Crippen LogP contribution in [0.3, 0.4) is 0 Å². The van der Waals surface area contributed by atoms with Crippen molar-refractivity contribution in [3.8, 4) is 5.75 Å². The number of benzene rings is 3. The maximum absolute atomic E-state index is 10.4. The second-order valence-electron chi connectivity index (χ2n) is 8.95. The van der Waals surface area contributed by atoms with E-state index in [-0.39, 0.29) is 0 Å². The van der Waals surface area contributed by atoms with Gasteiger partial charge in [0.05, 0.1) is 0 Å². The predicted molar refractivity (Wildman–Crippen MR) is 131 cm³/mol. The van der Waals surface area contributed by atoms with Crippen LogP contribution in [0.25, 0.3) is 0 Å². The molecule has 1 unspecified atom stereocenters. The molecule has 0 saturated heterocycles. The Balaban J connectivity index is 1.15. The molecular weight excluding hydrogens is 394 g/mol. The molecule has 0 aromatic heterocycles. The van der Waals surface area contributed by atoms with Gasteiger partial charge < -0.3 is 9.84 Å². The summed E-state index contributed by atoms with van der Waals surface area (Å²) in [5.41, 5.74) is 3.93. The molecule has 3 aromatic rings. The van der Waals surface area contributed by atoms with Gasteiger partial charge >= 0.3 is 0 Å². The van der Waals surface area contributed by atoms with E-state index in [2.05, 4.69) is 66.0 Å². The van der Waals surface area contributed by atoms with Crippen molar-refractivity contribution in [2.24, 2.45) is 0 Å². The molecule has 3 heteroatoms. The number of rotatable bonds is 10. The molecule has 1 aliphatic carbocycles. The number of aryl methyl sites for hydroxylation is 1. The minimum Gasteiger partial charge on any atom is -0.489 e. The average Bonchev–Trinajstić information content (AvgIpc) is 2.85. The molecule has 1 atom stereocenters. The van der Waals surface area contributed by atoms with Gasteiger partial charge in [0, 0.05) is 6.04 Å². The van der Waals surface area contributed by atoms with Crippen LogP contribution in [-0.2, 0) is 13.0 Å². The second-order valence-corrected chi connectivity index (χ2v) is 8.95. The average molecular weight is 430 g/mol. The fraction of sp³-hybridized carbons (Fsp3) is 0.379. The van der Waals surface area contributed by atoms with E-state index in [0.717, 1.165) is 37.9 Å². The molecule has 32 heavy (non-hydrogen) atoms. The molecule has 3 aromatic carbocycles. The van der Waals surface area contributed by atoms with Gasteiger partial charge in [-0.1, -0.05) is 72.8 Å². The number of aliphatic hydroxyl groups excluding tert-OH is 1. The lowest BCUT2D eigenvalue weighted by molar-refractivity contribution is 0.101. The third-order valence-corrected chi connectivity index (χ3v) is 6.54. The molecule has 0 heterocycles. The summed E-state index contributed by atoms with van der Waals surface area (Å²) in [6.07, 6.45) is 7.00. The topological polar surface area (TPSA) is 41.5 Å². The Bertz CT molecular complexity index is 903. The zero-order chi connectivity index (χ0) is 22.0. The molecule has 2 N–H and O–H groups in total. The van der Waals surface area contributed by atoms with Crippen LogP contribution in [0.2, 0.25) is 0 Å². The quantitative estimate of drug-likeness (QED) is 0.376. The molecule has 1 fully saturated rings. The van der Waals surface area contributed by atoms with E-state index in [1.807, 2.05) is 24.3 Å². The van der Waals surface area contributed by atoms with Gasteiger partial charge in [-0.05, 0) is 79.7 Å². The van der Waals surface area contributed by atoms with Crippen molar-refractivity contribution in [3.63, 3.8) is 0 Å². The van der Waals surface area contributed by atoms with Crippen LogP contribution in [0.15, 0.2) is 84.9 Å². The highest BCUT2D eigenvalue weighted by Gasteiger charge is 2.23. The highest BCUT2D eigenvalue weighted by Crippen LogP contribution is 2.34. The zero-order valence-electron chi connectivity index (χ0n) is 18.8. The largest absolute Gasteiger partial charge is 0.489 e. The lowest BCUT2D eigenvalue weighted by Gasteiger charge is -2.31.